The van der Waals surface area contributed by atoms with Gasteiger partial charge in [0.25, 0.3) is 0 Å². The third-order valence-electron chi connectivity index (χ3n) is 2.05. The highest BCUT2D eigenvalue weighted by Gasteiger charge is 2.03. The molecule has 1 atom stereocenters. The molecule has 0 heterocycles. The lowest BCUT2D eigenvalue weighted by Gasteiger charge is -2.13. The van der Waals surface area contributed by atoms with E-state index in [2.05, 4.69) is 19.2 Å². The third kappa shape index (κ3) is 2.58. The molecular weight excluding hydrogens is 162 g/mol. The van der Waals surface area contributed by atoms with E-state index < -0.39 is 0 Å². The van der Waals surface area contributed by atoms with E-state index in [1.54, 1.807) is 6.07 Å². The van der Waals surface area contributed by atoms with Crippen LogP contribution in [-0.2, 0) is 4.79 Å². The highest BCUT2D eigenvalue weighted by Crippen LogP contribution is 2.14. The number of nitrogens with one attached hydrogen (secondary N) is 1. The predicted molar refractivity (Wildman–Crippen MR) is 54.6 cm³/mol. The van der Waals surface area contributed by atoms with Gasteiger partial charge in [-0.1, -0.05) is 19.1 Å². The van der Waals surface area contributed by atoms with Crippen LogP contribution in [0.25, 0.3) is 0 Å². The summed E-state index contributed by atoms with van der Waals surface area (Å²) < 4.78 is 0. The van der Waals surface area contributed by atoms with Crippen molar-refractivity contribution >= 4 is 12.0 Å². The summed E-state index contributed by atoms with van der Waals surface area (Å²) >= 11 is 0. The minimum absolute atomic E-state index is 0.384. The Morgan fingerprint density at radius 3 is 2.77 bits per heavy atom. The quantitative estimate of drug-likeness (QED) is 0.763. The van der Waals surface area contributed by atoms with E-state index in [-0.39, 0.29) is 0 Å². The second-order valence-electron chi connectivity index (χ2n) is 3.10. The molecule has 1 aromatic rings. The predicted octanol–water partition coefficient (Wildman–Crippen LogP) is 2.35. The van der Waals surface area contributed by atoms with Gasteiger partial charge in [-0.2, -0.15) is 0 Å². The van der Waals surface area contributed by atoms with Crippen LogP contribution in [0.3, 0.4) is 0 Å². The van der Waals surface area contributed by atoms with Gasteiger partial charge in [0.15, 0.2) is 0 Å². The lowest BCUT2D eigenvalue weighted by Crippen LogP contribution is -2.14. The van der Waals surface area contributed by atoms with Crippen molar-refractivity contribution in [3.05, 3.63) is 29.8 Å². The first-order chi connectivity index (χ1) is 6.27. The lowest BCUT2D eigenvalue weighted by atomic mass is 10.1. The number of anilines is 1. The largest absolute Gasteiger partial charge is 0.382 e. The lowest BCUT2D eigenvalue weighted by molar-refractivity contribution is 0.563. The van der Waals surface area contributed by atoms with Gasteiger partial charge in [-0.05, 0) is 25.5 Å². The Bertz CT molecular complexity index is 283. The zero-order valence-corrected chi connectivity index (χ0v) is 8.00. The van der Waals surface area contributed by atoms with Gasteiger partial charge in [0, 0.05) is 17.3 Å². The SMILES string of the molecule is CCC(C)Nc1ccccc1[C]=O. The molecule has 0 aliphatic rings. The second-order valence-corrected chi connectivity index (χ2v) is 3.10. The maximum Gasteiger partial charge on any atom is 0.235 e. The molecule has 0 saturated heterocycles. The summed E-state index contributed by atoms with van der Waals surface area (Å²) in [4.78, 5) is 10.5. The smallest absolute Gasteiger partial charge is 0.235 e. The zero-order valence-electron chi connectivity index (χ0n) is 8.00. The summed E-state index contributed by atoms with van der Waals surface area (Å²) in [5.41, 5.74) is 1.47. The first-order valence-electron chi connectivity index (χ1n) is 4.51. The van der Waals surface area contributed by atoms with Crippen LogP contribution in [-0.4, -0.2) is 12.3 Å². The van der Waals surface area contributed by atoms with Gasteiger partial charge in [-0.3, -0.25) is 4.79 Å². The van der Waals surface area contributed by atoms with Crippen LogP contribution in [0.4, 0.5) is 5.69 Å². The van der Waals surface area contributed by atoms with Crippen LogP contribution in [0.15, 0.2) is 24.3 Å². The fraction of sp³-hybridized carbons (Fsp3) is 0.364. The Kier molecular flexibility index (Phi) is 3.50. The average Bonchev–Trinajstić information content (AvgIpc) is 2.18. The molecule has 0 amide bonds. The molecule has 1 rings (SSSR count). The van der Waals surface area contributed by atoms with Gasteiger partial charge in [-0.15, -0.1) is 0 Å². The summed E-state index contributed by atoms with van der Waals surface area (Å²) in [6.45, 7) is 4.19. The maximum atomic E-state index is 10.5. The number of rotatable bonds is 4. The van der Waals surface area contributed by atoms with Crippen LogP contribution in [0, 0.1) is 0 Å². The summed E-state index contributed by atoms with van der Waals surface area (Å²) in [6, 6.07) is 7.78. The maximum absolute atomic E-state index is 10.5. The van der Waals surface area contributed by atoms with Crippen molar-refractivity contribution in [1.82, 2.24) is 0 Å². The highest BCUT2D eigenvalue weighted by atomic mass is 16.1. The Balaban J connectivity index is 2.80. The Hall–Kier alpha value is -1.31. The first kappa shape index (κ1) is 9.78. The Morgan fingerprint density at radius 1 is 1.46 bits per heavy atom. The molecule has 13 heavy (non-hydrogen) atoms. The van der Waals surface area contributed by atoms with Crippen LogP contribution < -0.4 is 5.32 Å². The molecule has 0 bridgehead atoms. The molecule has 0 saturated carbocycles. The highest BCUT2D eigenvalue weighted by molar-refractivity contribution is 5.84. The van der Waals surface area contributed by atoms with E-state index in [0.29, 0.717) is 11.6 Å². The standard InChI is InChI=1S/C11H14NO/c1-3-9(2)12-11-7-5-4-6-10(11)8-13/h4-7,9,12H,3H2,1-2H3. The molecule has 1 aromatic carbocycles. The minimum Gasteiger partial charge on any atom is -0.382 e. The van der Waals surface area contributed by atoms with Gasteiger partial charge >= 0.3 is 0 Å². The monoisotopic (exact) mass is 176 g/mol. The number of benzene rings is 1. The molecular formula is C11H14NO. The fourth-order valence-corrected chi connectivity index (χ4v) is 1.07. The van der Waals surface area contributed by atoms with E-state index in [1.165, 1.54) is 0 Å². The van der Waals surface area contributed by atoms with Crippen LogP contribution in [0.5, 0.6) is 0 Å². The second kappa shape index (κ2) is 4.65. The first-order valence-corrected chi connectivity index (χ1v) is 4.51. The molecule has 2 heteroatoms. The molecule has 0 spiro atoms. The average molecular weight is 176 g/mol. The van der Waals surface area contributed by atoms with Crippen molar-refractivity contribution < 1.29 is 4.79 Å². The summed E-state index contributed by atoms with van der Waals surface area (Å²) in [5, 5.41) is 3.25. The van der Waals surface area contributed by atoms with Crippen LogP contribution in [0.1, 0.15) is 25.8 Å². The van der Waals surface area contributed by atoms with Crippen molar-refractivity contribution in [2.24, 2.45) is 0 Å². The number of para-hydroxylation sites is 1. The van der Waals surface area contributed by atoms with E-state index in [1.807, 2.05) is 24.5 Å². The summed E-state index contributed by atoms with van der Waals surface area (Å²) in [7, 11) is 0. The van der Waals surface area contributed by atoms with Crippen molar-refractivity contribution in [3.8, 4) is 0 Å². The van der Waals surface area contributed by atoms with Crippen molar-refractivity contribution in [2.75, 3.05) is 5.32 Å². The van der Waals surface area contributed by atoms with Gasteiger partial charge in [0.2, 0.25) is 6.29 Å². The molecule has 0 fully saturated rings. The minimum atomic E-state index is 0.384. The molecule has 0 aliphatic heterocycles. The fourth-order valence-electron chi connectivity index (χ4n) is 1.07. The van der Waals surface area contributed by atoms with Gasteiger partial charge in [-0.25, -0.2) is 0 Å². The van der Waals surface area contributed by atoms with Crippen molar-refractivity contribution in [2.45, 2.75) is 26.3 Å². The number of hydrogen-bond donors (Lipinski definition) is 1. The Morgan fingerprint density at radius 2 is 2.15 bits per heavy atom. The van der Waals surface area contributed by atoms with Gasteiger partial charge < -0.3 is 5.32 Å². The van der Waals surface area contributed by atoms with E-state index >= 15 is 0 Å². The molecule has 0 aliphatic carbocycles. The molecule has 1 radical (unpaired) electrons. The molecule has 69 valence electrons. The topological polar surface area (TPSA) is 29.1 Å². The normalized spacial score (nSPS) is 12.2. The van der Waals surface area contributed by atoms with Crippen molar-refractivity contribution in [1.29, 1.82) is 0 Å². The Labute approximate surface area is 79.0 Å². The molecule has 1 N–H and O–H groups in total. The van der Waals surface area contributed by atoms with E-state index in [4.69, 9.17) is 0 Å². The van der Waals surface area contributed by atoms with Gasteiger partial charge in [0.05, 0.1) is 0 Å². The zero-order chi connectivity index (χ0) is 9.68. The number of carbonyl (C=O) groups excluding carboxylic acids is 1. The molecule has 0 aromatic heterocycles. The molecule has 2 nitrogen and oxygen atoms in total. The van der Waals surface area contributed by atoms with Crippen LogP contribution in [0.2, 0.25) is 0 Å². The van der Waals surface area contributed by atoms with Gasteiger partial charge in [0.1, 0.15) is 0 Å². The van der Waals surface area contributed by atoms with Crippen LogP contribution >= 0.6 is 0 Å². The molecule has 1 unspecified atom stereocenters. The summed E-state index contributed by atoms with van der Waals surface area (Å²) in [5.74, 6) is 0. The summed E-state index contributed by atoms with van der Waals surface area (Å²) in [6.07, 6.45) is 2.95. The number of hydrogen-bond acceptors (Lipinski definition) is 2. The van der Waals surface area contributed by atoms with E-state index in [0.717, 1.165) is 12.1 Å². The van der Waals surface area contributed by atoms with E-state index in [9.17, 15) is 4.79 Å². The third-order valence-corrected chi connectivity index (χ3v) is 2.05. The van der Waals surface area contributed by atoms with Crippen molar-refractivity contribution in [3.63, 3.8) is 0 Å².